The molecule has 1 N–H and O–H groups in total. The molecule has 0 aliphatic carbocycles. The molecular weight excluding hydrogens is 374 g/mol. The van der Waals surface area contributed by atoms with Crippen LogP contribution in [0.4, 0.5) is 11.5 Å². The molecule has 0 aliphatic heterocycles. The number of thiazole rings is 1. The number of aromatic nitrogens is 1. The molecule has 11 heteroatoms. The molecule has 0 spiro atoms. The molecule has 2 aromatic rings. The summed E-state index contributed by atoms with van der Waals surface area (Å²) in [7, 11) is -3.72. The highest BCUT2D eigenvalue weighted by Crippen LogP contribution is 2.30. The second kappa shape index (κ2) is 7.47. The normalized spacial score (nSPS) is 10.5. The van der Waals surface area contributed by atoms with Crippen LogP contribution < -0.4 is 0 Å². The summed E-state index contributed by atoms with van der Waals surface area (Å²) in [5.74, 6) is 2.05. The monoisotopic (exact) mass is 381 g/mol. The third kappa shape index (κ3) is 3.86. The van der Waals surface area contributed by atoms with E-state index >= 15 is 0 Å². The minimum absolute atomic E-state index is 0.0325. The zero-order chi connectivity index (χ0) is 19.3. The van der Waals surface area contributed by atoms with E-state index in [0.29, 0.717) is 0 Å². The molecule has 0 aliphatic rings. The van der Waals surface area contributed by atoms with E-state index in [1.165, 1.54) is 5.38 Å². The first-order valence-corrected chi connectivity index (χ1v) is 9.34. The molecule has 0 amide bonds. The fourth-order valence-corrected chi connectivity index (χ4v) is 3.27. The highest BCUT2D eigenvalue weighted by Gasteiger charge is 2.18. The van der Waals surface area contributed by atoms with Crippen LogP contribution in [-0.2, 0) is 9.84 Å². The average molecular weight is 381 g/mol. The van der Waals surface area contributed by atoms with Gasteiger partial charge in [-0.25, -0.2) is 18.2 Å². The number of azo groups is 1. The maximum Gasteiger partial charge on any atom is 0.281 e. The maximum atomic E-state index is 11.9. The minimum Gasteiger partial charge on any atom is -0.271 e. The van der Waals surface area contributed by atoms with Gasteiger partial charge in [0.15, 0.2) is 15.7 Å². The van der Waals surface area contributed by atoms with Crippen molar-refractivity contribution < 1.29 is 8.42 Å². The molecular formula is C15H7N7O2S2. The first-order chi connectivity index (χ1) is 12.3. The van der Waals surface area contributed by atoms with Gasteiger partial charge >= 0.3 is 0 Å². The van der Waals surface area contributed by atoms with Crippen LogP contribution in [0.25, 0.3) is 10.5 Å². The van der Waals surface area contributed by atoms with Crippen LogP contribution >= 0.6 is 11.3 Å². The van der Waals surface area contributed by atoms with Gasteiger partial charge in [0.25, 0.3) is 5.70 Å². The molecule has 1 aromatic heterocycles. The summed E-state index contributed by atoms with van der Waals surface area (Å²) in [6.07, 6.45) is 0.951. The molecule has 0 saturated heterocycles. The number of nitriles is 2. The third-order valence-electron chi connectivity index (χ3n) is 2.92. The SMILES string of the molecule is [C-]#[N+]C(=C=N)c1nc(N=Nc2cc(C#N)c(C#N)cc2S(C)(=O)=O)cs1. The maximum absolute atomic E-state index is 11.9. The van der Waals surface area contributed by atoms with Gasteiger partial charge in [0, 0.05) is 11.6 Å². The van der Waals surface area contributed by atoms with Gasteiger partial charge in [0.1, 0.15) is 22.8 Å². The van der Waals surface area contributed by atoms with E-state index in [4.69, 9.17) is 22.5 Å². The molecule has 0 unspecified atom stereocenters. The van der Waals surface area contributed by atoms with Crippen LogP contribution in [-0.4, -0.2) is 25.5 Å². The number of hydrogen-bond acceptors (Lipinski definition) is 9. The molecule has 1 heterocycles. The lowest BCUT2D eigenvalue weighted by Gasteiger charge is -2.04. The van der Waals surface area contributed by atoms with Gasteiger partial charge in [-0.15, -0.1) is 21.6 Å². The van der Waals surface area contributed by atoms with Gasteiger partial charge in [0.2, 0.25) is 0 Å². The second-order valence-corrected chi connectivity index (χ2v) is 7.50. The zero-order valence-corrected chi connectivity index (χ0v) is 14.7. The van der Waals surface area contributed by atoms with Gasteiger partial charge < -0.3 is 0 Å². The number of benzene rings is 1. The van der Waals surface area contributed by atoms with E-state index in [9.17, 15) is 8.42 Å². The zero-order valence-electron chi connectivity index (χ0n) is 13.0. The van der Waals surface area contributed by atoms with Crippen molar-refractivity contribution in [1.29, 1.82) is 15.9 Å². The van der Waals surface area contributed by atoms with Crippen molar-refractivity contribution >= 4 is 44.2 Å². The van der Waals surface area contributed by atoms with E-state index in [0.717, 1.165) is 29.7 Å². The van der Waals surface area contributed by atoms with E-state index in [2.05, 4.69) is 20.1 Å². The highest BCUT2D eigenvalue weighted by molar-refractivity contribution is 7.90. The Kier molecular flexibility index (Phi) is 5.36. The molecule has 2 rings (SSSR count). The van der Waals surface area contributed by atoms with Crippen molar-refractivity contribution in [3.05, 3.63) is 45.1 Å². The summed E-state index contributed by atoms with van der Waals surface area (Å²) in [6, 6.07) is 5.80. The van der Waals surface area contributed by atoms with E-state index in [-0.39, 0.29) is 38.2 Å². The van der Waals surface area contributed by atoms with Crippen molar-refractivity contribution in [2.45, 2.75) is 4.90 Å². The standard InChI is InChI=1S/C15H7N7O2S2/c1-19-12(7-18)15-20-14(8-25-15)22-21-11-3-9(5-16)10(6-17)4-13(11)26(2,23)24/h3-4,8,18H,2H3. The van der Waals surface area contributed by atoms with Crippen LogP contribution in [0, 0.1) is 34.6 Å². The predicted octanol–water partition coefficient (Wildman–Crippen LogP) is 3.21. The first-order valence-electron chi connectivity index (χ1n) is 6.57. The molecule has 126 valence electrons. The van der Waals surface area contributed by atoms with Crippen LogP contribution in [0.3, 0.4) is 0 Å². The average Bonchev–Trinajstić information content (AvgIpc) is 3.08. The molecule has 0 fully saturated rings. The van der Waals surface area contributed by atoms with Crippen LogP contribution in [0.5, 0.6) is 0 Å². The Morgan fingerprint density at radius 1 is 1.31 bits per heavy atom. The lowest BCUT2D eigenvalue weighted by atomic mass is 10.1. The quantitative estimate of drug-likeness (QED) is 0.490. The lowest BCUT2D eigenvalue weighted by molar-refractivity contribution is 0.602. The van der Waals surface area contributed by atoms with Crippen molar-refractivity contribution in [1.82, 2.24) is 4.98 Å². The Labute approximate surface area is 152 Å². The van der Waals surface area contributed by atoms with Gasteiger partial charge in [-0.05, 0) is 18.0 Å². The summed E-state index contributed by atoms with van der Waals surface area (Å²) in [4.78, 5) is 6.85. The van der Waals surface area contributed by atoms with E-state index < -0.39 is 9.84 Å². The molecule has 0 radical (unpaired) electrons. The Bertz CT molecular complexity index is 1200. The highest BCUT2D eigenvalue weighted by atomic mass is 32.2. The fraction of sp³-hybridized carbons (Fsp3) is 0.0667. The Morgan fingerprint density at radius 2 is 1.96 bits per heavy atom. The minimum atomic E-state index is -3.72. The smallest absolute Gasteiger partial charge is 0.271 e. The molecule has 0 bridgehead atoms. The molecule has 0 saturated carbocycles. The summed E-state index contributed by atoms with van der Waals surface area (Å²) in [5, 5.41) is 34.5. The molecule has 1 aromatic carbocycles. The summed E-state index contributed by atoms with van der Waals surface area (Å²) in [5.41, 5.74) is -0.306. The molecule has 26 heavy (non-hydrogen) atoms. The van der Waals surface area contributed by atoms with Gasteiger partial charge in [-0.2, -0.15) is 10.5 Å². The summed E-state index contributed by atoms with van der Waals surface area (Å²) >= 11 is 1.05. The lowest BCUT2D eigenvalue weighted by Crippen LogP contribution is -1.99. The third-order valence-corrected chi connectivity index (χ3v) is 4.89. The Morgan fingerprint density at radius 3 is 2.50 bits per heavy atom. The summed E-state index contributed by atoms with van der Waals surface area (Å²) < 4.78 is 23.9. The van der Waals surface area contributed by atoms with Crippen molar-refractivity contribution in [3.8, 4) is 12.1 Å². The molecule has 9 nitrogen and oxygen atoms in total. The number of hydrogen-bond donors (Lipinski definition) is 1. The van der Waals surface area contributed by atoms with Crippen LogP contribution in [0.15, 0.2) is 32.6 Å². The van der Waals surface area contributed by atoms with Gasteiger partial charge in [-0.1, -0.05) is 0 Å². The molecule has 0 atom stereocenters. The van der Waals surface area contributed by atoms with Crippen molar-refractivity contribution in [3.63, 3.8) is 0 Å². The van der Waals surface area contributed by atoms with Crippen LogP contribution in [0.1, 0.15) is 16.1 Å². The number of rotatable bonds is 4. The van der Waals surface area contributed by atoms with E-state index in [1.54, 1.807) is 12.1 Å². The Hall–Kier alpha value is -3.68. The first kappa shape index (κ1) is 18.7. The van der Waals surface area contributed by atoms with Gasteiger partial charge in [-0.3, -0.25) is 5.41 Å². The Balaban J connectivity index is 2.55. The number of nitrogens with zero attached hydrogens (tertiary/aromatic N) is 6. The van der Waals surface area contributed by atoms with E-state index in [1.807, 2.05) is 5.87 Å². The topological polar surface area (TPSA) is 148 Å². The largest absolute Gasteiger partial charge is 0.281 e. The van der Waals surface area contributed by atoms with Crippen molar-refractivity contribution in [2.24, 2.45) is 10.2 Å². The number of nitrogens with one attached hydrogen (secondary N) is 1. The fourth-order valence-electron chi connectivity index (χ4n) is 1.78. The summed E-state index contributed by atoms with van der Waals surface area (Å²) in [6.45, 7) is 6.92. The second-order valence-electron chi connectivity index (χ2n) is 4.66. The predicted molar refractivity (Wildman–Crippen MR) is 93.0 cm³/mol. The van der Waals surface area contributed by atoms with Crippen LogP contribution in [0.2, 0.25) is 0 Å². The number of sulfone groups is 1. The van der Waals surface area contributed by atoms with Crippen molar-refractivity contribution in [2.75, 3.05) is 6.26 Å². The van der Waals surface area contributed by atoms with Gasteiger partial charge in [0.05, 0.1) is 22.6 Å².